The Bertz CT molecular complexity index is 375. The molecule has 0 unspecified atom stereocenters. The zero-order chi connectivity index (χ0) is 12.9. The fourth-order valence-electron chi connectivity index (χ4n) is 1.06. The monoisotopic (exact) mass is 251 g/mol. The third kappa shape index (κ3) is 5.18. The molecular weight excluding hydrogens is 239 g/mol. The molecule has 1 rings (SSSR count). The van der Waals surface area contributed by atoms with Crippen molar-refractivity contribution in [3.8, 4) is 0 Å². The molecule has 0 aliphatic heterocycles. The van der Waals surface area contributed by atoms with Crippen molar-refractivity contribution < 1.29 is 18.0 Å². The van der Waals surface area contributed by atoms with E-state index in [0.29, 0.717) is 12.2 Å². The van der Waals surface area contributed by atoms with Gasteiger partial charge in [-0.25, -0.2) is 4.79 Å². The Morgan fingerprint density at radius 3 is 2.71 bits per heavy atom. The lowest BCUT2D eigenvalue weighted by atomic mass is 10.4. The van der Waals surface area contributed by atoms with Crippen LogP contribution in [0.25, 0.3) is 0 Å². The number of rotatable bonds is 4. The van der Waals surface area contributed by atoms with E-state index in [1.54, 1.807) is 16.9 Å². The zero-order valence-corrected chi connectivity index (χ0v) is 9.08. The van der Waals surface area contributed by atoms with E-state index < -0.39 is 18.8 Å². The Labute approximate surface area is 95.2 Å². The minimum Gasteiger partial charge on any atom is -0.338 e. The van der Waals surface area contributed by atoms with E-state index in [-0.39, 0.29) is 6.54 Å². The highest BCUT2D eigenvalue weighted by Gasteiger charge is 2.27. The fraction of sp³-hybridized carbons (Fsp3) is 0.625. The second-order valence-electron chi connectivity index (χ2n) is 3.33. The number of carbonyl (C=O) groups is 1. The molecule has 2 amide bonds. The summed E-state index contributed by atoms with van der Waals surface area (Å²) >= 11 is 0. The van der Waals surface area contributed by atoms with Crippen LogP contribution in [0.3, 0.4) is 0 Å². The van der Waals surface area contributed by atoms with Gasteiger partial charge >= 0.3 is 12.2 Å². The highest BCUT2D eigenvalue weighted by atomic mass is 19.4. The Hall–Kier alpha value is -1.80. The van der Waals surface area contributed by atoms with Gasteiger partial charge in [0.1, 0.15) is 18.7 Å². The topological polar surface area (TPSA) is 71.8 Å². The van der Waals surface area contributed by atoms with E-state index in [0.717, 1.165) is 0 Å². The number of aromatic nitrogens is 3. The van der Waals surface area contributed by atoms with Crippen LogP contribution < -0.4 is 10.6 Å². The molecule has 1 heterocycles. The molecule has 1 aromatic rings. The summed E-state index contributed by atoms with van der Waals surface area (Å²) in [6.45, 7) is -1.15. The average Bonchev–Trinajstić information content (AvgIpc) is 2.61. The molecule has 0 saturated heterocycles. The number of hydrogen-bond donors (Lipinski definition) is 2. The maximum atomic E-state index is 11.8. The van der Waals surface area contributed by atoms with Crippen LogP contribution in [0, 0.1) is 0 Å². The fourth-order valence-corrected chi connectivity index (χ4v) is 1.06. The molecule has 0 fully saturated rings. The van der Waals surface area contributed by atoms with Crippen LogP contribution in [0.4, 0.5) is 18.0 Å². The average molecular weight is 251 g/mol. The van der Waals surface area contributed by atoms with Crippen LogP contribution in [0.5, 0.6) is 0 Å². The van der Waals surface area contributed by atoms with Gasteiger partial charge in [-0.3, -0.25) is 0 Å². The normalized spacial score (nSPS) is 11.3. The third-order valence-electron chi connectivity index (χ3n) is 1.89. The van der Waals surface area contributed by atoms with E-state index >= 15 is 0 Å². The number of aryl methyl sites for hydroxylation is 1. The van der Waals surface area contributed by atoms with Crippen molar-refractivity contribution in [2.24, 2.45) is 7.05 Å². The molecule has 0 spiro atoms. The lowest BCUT2D eigenvalue weighted by Crippen LogP contribution is -2.41. The first-order valence-corrected chi connectivity index (χ1v) is 4.80. The van der Waals surface area contributed by atoms with E-state index in [1.807, 2.05) is 0 Å². The third-order valence-corrected chi connectivity index (χ3v) is 1.89. The zero-order valence-electron chi connectivity index (χ0n) is 9.08. The Morgan fingerprint density at radius 2 is 2.18 bits per heavy atom. The smallest absolute Gasteiger partial charge is 0.338 e. The number of amides is 2. The summed E-state index contributed by atoms with van der Waals surface area (Å²) in [5, 5.41) is 11.4. The standard InChI is InChI=1S/C8H12F3N5O/c1-16-5-14-15-6(16)2-3-12-7(17)13-4-8(9,10)11/h5H,2-4H2,1H3,(H2,12,13,17). The van der Waals surface area contributed by atoms with Crippen molar-refractivity contribution in [2.45, 2.75) is 12.6 Å². The van der Waals surface area contributed by atoms with Gasteiger partial charge in [0.25, 0.3) is 0 Å². The van der Waals surface area contributed by atoms with Crippen molar-refractivity contribution in [1.82, 2.24) is 25.4 Å². The van der Waals surface area contributed by atoms with E-state index in [4.69, 9.17) is 0 Å². The second kappa shape index (κ2) is 5.51. The summed E-state index contributed by atoms with van der Waals surface area (Å²) in [6, 6.07) is -0.857. The molecule has 0 bridgehead atoms. The quantitative estimate of drug-likeness (QED) is 0.804. The second-order valence-corrected chi connectivity index (χ2v) is 3.33. The van der Waals surface area contributed by atoms with Crippen LogP contribution in [0.15, 0.2) is 6.33 Å². The van der Waals surface area contributed by atoms with Gasteiger partial charge in [0.15, 0.2) is 0 Å². The van der Waals surface area contributed by atoms with Crippen molar-refractivity contribution >= 4 is 6.03 Å². The van der Waals surface area contributed by atoms with Crippen molar-refractivity contribution in [1.29, 1.82) is 0 Å². The minimum absolute atomic E-state index is 0.191. The van der Waals surface area contributed by atoms with Gasteiger partial charge in [-0.05, 0) is 0 Å². The highest BCUT2D eigenvalue weighted by Crippen LogP contribution is 2.11. The van der Waals surface area contributed by atoms with E-state index in [1.165, 1.54) is 6.33 Å². The van der Waals surface area contributed by atoms with Gasteiger partial charge in [0, 0.05) is 20.0 Å². The van der Waals surface area contributed by atoms with Crippen molar-refractivity contribution in [3.05, 3.63) is 12.2 Å². The number of nitrogens with one attached hydrogen (secondary N) is 2. The lowest BCUT2D eigenvalue weighted by molar-refractivity contribution is -0.122. The first kappa shape index (κ1) is 13.3. The summed E-state index contributed by atoms with van der Waals surface area (Å²) in [4.78, 5) is 10.9. The largest absolute Gasteiger partial charge is 0.405 e. The van der Waals surface area contributed by atoms with Crippen LogP contribution in [-0.2, 0) is 13.5 Å². The molecule has 0 aromatic carbocycles. The number of nitrogens with zero attached hydrogens (tertiary/aromatic N) is 3. The predicted octanol–water partition coefficient (Wildman–Crippen LogP) is 0.219. The molecule has 9 heteroatoms. The van der Waals surface area contributed by atoms with Gasteiger partial charge < -0.3 is 15.2 Å². The molecule has 0 atom stereocenters. The number of alkyl halides is 3. The molecule has 1 aromatic heterocycles. The highest BCUT2D eigenvalue weighted by molar-refractivity contribution is 5.73. The van der Waals surface area contributed by atoms with E-state index in [2.05, 4.69) is 15.5 Å². The van der Waals surface area contributed by atoms with E-state index in [9.17, 15) is 18.0 Å². The summed E-state index contributed by atoms with van der Waals surface area (Å²) < 4.78 is 36.9. The first-order valence-electron chi connectivity index (χ1n) is 4.80. The van der Waals surface area contributed by atoms with Crippen LogP contribution in [0.2, 0.25) is 0 Å². The minimum atomic E-state index is -4.40. The molecule has 0 aliphatic carbocycles. The summed E-state index contributed by atoms with van der Waals surface area (Å²) in [6.07, 6.45) is -2.50. The molecule has 2 N–H and O–H groups in total. The van der Waals surface area contributed by atoms with Gasteiger partial charge in [-0.2, -0.15) is 13.2 Å². The molecule has 0 saturated carbocycles. The van der Waals surface area contributed by atoms with Crippen LogP contribution in [-0.4, -0.2) is 40.1 Å². The van der Waals surface area contributed by atoms with Gasteiger partial charge in [0.05, 0.1) is 0 Å². The molecule has 6 nitrogen and oxygen atoms in total. The summed E-state index contributed by atoms with van der Waals surface area (Å²) in [7, 11) is 1.74. The predicted molar refractivity (Wildman–Crippen MR) is 52.2 cm³/mol. The maximum Gasteiger partial charge on any atom is 0.405 e. The SMILES string of the molecule is Cn1cnnc1CCNC(=O)NCC(F)(F)F. The Balaban J connectivity index is 2.19. The Kier molecular flexibility index (Phi) is 4.30. The number of hydrogen-bond acceptors (Lipinski definition) is 3. The van der Waals surface area contributed by atoms with Crippen molar-refractivity contribution in [2.75, 3.05) is 13.1 Å². The first-order chi connectivity index (χ1) is 7.88. The van der Waals surface area contributed by atoms with Gasteiger partial charge in [-0.1, -0.05) is 0 Å². The number of urea groups is 1. The molecule has 17 heavy (non-hydrogen) atoms. The molecular formula is C8H12F3N5O. The van der Waals surface area contributed by atoms with Crippen molar-refractivity contribution in [3.63, 3.8) is 0 Å². The van der Waals surface area contributed by atoms with Crippen LogP contribution >= 0.6 is 0 Å². The summed E-state index contributed by atoms with van der Waals surface area (Å²) in [5.74, 6) is 0.640. The van der Waals surface area contributed by atoms with Crippen LogP contribution in [0.1, 0.15) is 5.82 Å². The van der Waals surface area contributed by atoms with Gasteiger partial charge in [-0.15, -0.1) is 10.2 Å². The number of carbonyl (C=O) groups excluding carboxylic acids is 1. The number of halogens is 3. The summed E-state index contributed by atoms with van der Waals surface area (Å²) in [5.41, 5.74) is 0. The molecule has 0 aliphatic rings. The van der Waals surface area contributed by atoms with Gasteiger partial charge in [0.2, 0.25) is 0 Å². The molecule has 96 valence electrons. The maximum absolute atomic E-state index is 11.8. The molecule has 0 radical (unpaired) electrons. The Morgan fingerprint density at radius 1 is 1.47 bits per heavy atom. The lowest BCUT2D eigenvalue weighted by Gasteiger charge is -2.09.